The zero-order chi connectivity index (χ0) is 14.0. The monoisotopic (exact) mass is 263 g/mol. The average Bonchev–Trinajstić information content (AvgIpc) is 2.35. The zero-order valence-corrected chi connectivity index (χ0v) is 12.5. The highest BCUT2D eigenvalue weighted by molar-refractivity contribution is 5.21. The van der Waals surface area contributed by atoms with E-state index in [0.717, 1.165) is 49.1 Å². The summed E-state index contributed by atoms with van der Waals surface area (Å²) in [6.45, 7) is 11.5. The first-order chi connectivity index (χ1) is 8.97. The van der Waals surface area contributed by atoms with Crippen molar-refractivity contribution >= 4 is 0 Å². The van der Waals surface area contributed by atoms with Gasteiger partial charge in [-0.2, -0.15) is 0 Å². The fourth-order valence-corrected chi connectivity index (χ4v) is 2.42. The minimum atomic E-state index is 0.0669. The molecule has 0 saturated carbocycles. The molecule has 0 bridgehead atoms. The Bertz CT molecular complexity index is 491. The highest BCUT2D eigenvalue weighted by atomic mass is 16.1. The lowest BCUT2D eigenvalue weighted by Gasteiger charge is -2.28. The molecule has 0 fully saturated rings. The van der Waals surface area contributed by atoms with Crippen LogP contribution in [0.25, 0.3) is 0 Å². The minimum Gasteiger partial charge on any atom is -0.310 e. The second kappa shape index (κ2) is 5.87. The number of fused-ring (bicyclic) bond motifs is 1. The molecule has 0 saturated heterocycles. The first-order valence-electron chi connectivity index (χ1n) is 7.31. The van der Waals surface area contributed by atoms with Crippen LogP contribution >= 0.6 is 0 Å². The summed E-state index contributed by atoms with van der Waals surface area (Å²) in [6.07, 6.45) is 2.03. The molecule has 19 heavy (non-hydrogen) atoms. The van der Waals surface area contributed by atoms with Gasteiger partial charge in [-0.1, -0.05) is 27.7 Å². The largest absolute Gasteiger partial charge is 0.310 e. The molecule has 1 aliphatic heterocycles. The molecule has 0 atom stereocenters. The average molecular weight is 263 g/mol. The molecule has 1 aliphatic rings. The van der Waals surface area contributed by atoms with Crippen LogP contribution in [0.3, 0.4) is 0 Å². The third-order valence-corrected chi connectivity index (χ3v) is 3.74. The van der Waals surface area contributed by atoms with Crippen LogP contribution in [0.4, 0.5) is 0 Å². The molecule has 2 rings (SSSR count). The molecular formula is C15H25N3O. The van der Waals surface area contributed by atoms with Gasteiger partial charge in [-0.25, -0.2) is 4.98 Å². The maximum Gasteiger partial charge on any atom is 0.254 e. The lowest BCUT2D eigenvalue weighted by atomic mass is 10.0. The van der Waals surface area contributed by atoms with E-state index in [-0.39, 0.29) is 11.5 Å². The highest BCUT2D eigenvalue weighted by Crippen LogP contribution is 2.17. The van der Waals surface area contributed by atoms with Crippen LogP contribution in [0.15, 0.2) is 4.79 Å². The Hall–Kier alpha value is -1.16. The third-order valence-electron chi connectivity index (χ3n) is 3.74. The Kier molecular flexibility index (Phi) is 4.40. The first kappa shape index (κ1) is 14.3. The van der Waals surface area contributed by atoms with Crippen molar-refractivity contribution < 1.29 is 0 Å². The van der Waals surface area contributed by atoms with Crippen molar-refractivity contribution in [3.8, 4) is 0 Å². The van der Waals surface area contributed by atoms with E-state index in [2.05, 4.69) is 42.6 Å². The highest BCUT2D eigenvalue weighted by Gasteiger charge is 2.21. The van der Waals surface area contributed by atoms with Crippen LogP contribution in [0.2, 0.25) is 0 Å². The van der Waals surface area contributed by atoms with Crippen LogP contribution < -0.4 is 5.56 Å². The van der Waals surface area contributed by atoms with E-state index in [0.29, 0.717) is 0 Å². The molecular weight excluding hydrogens is 238 g/mol. The molecule has 1 aromatic heterocycles. The number of H-pyrrole nitrogens is 1. The number of hydrogen-bond donors (Lipinski definition) is 1. The second-order valence-corrected chi connectivity index (χ2v) is 6.24. The third kappa shape index (κ3) is 3.44. The van der Waals surface area contributed by atoms with Crippen LogP contribution in [-0.2, 0) is 13.0 Å². The molecule has 2 heterocycles. The number of aromatic nitrogens is 2. The number of nitrogens with zero attached hydrogens (tertiary/aromatic N) is 2. The van der Waals surface area contributed by atoms with Crippen molar-refractivity contribution in [1.29, 1.82) is 0 Å². The molecule has 106 valence electrons. The number of aromatic amines is 1. The summed E-state index contributed by atoms with van der Waals surface area (Å²) in [5, 5.41) is 0. The quantitative estimate of drug-likeness (QED) is 0.906. The van der Waals surface area contributed by atoms with Gasteiger partial charge in [-0.15, -0.1) is 0 Å². The number of nitrogens with one attached hydrogen (secondary N) is 1. The topological polar surface area (TPSA) is 49.0 Å². The van der Waals surface area contributed by atoms with Gasteiger partial charge >= 0.3 is 0 Å². The standard InChI is InChI=1S/C15H25N3O/c1-10(2)5-7-18-8-6-12-13(9-18)16-14(11(3)4)17-15(12)19/h10-11H,5-9H2,1-4H3,(H,16,17,19). The Balaban J connectivity index is 2.16. The van der Waals surface area contributed by atoms with Crippen molar-refractivity contribution in [1.82, 2.24) is 14.9 Å². The van der Waals surface area contributed by atoms with Crippen molar-refractivity contribution in [3.05, 3.63) is 27.4 Å². The van der Waals surface area contributed by atoms with Gasteiger partial charge in [-0.3, -0.25) is 9.69 Å². The molecule has 0 aliphatic carbocycles. The first-order valence-corrected chi connectivity index (χ1v) is 7.31. The maximum atomic E-state index is 12.0. The minimum absolute atomic E-state index is 0.0669. The summed E-state index contributed by atoms with van der Waals surface area (Å²) in [7, 11) is 0. The van der Waals surface area contributed by atoms with E-state index in [1.54, 1.807) is 0 Å². The normalized spacial score (nSPS) is 16.1. The van der Waals surface area contributed by atoms with Gasteiger partial charge in [0.25, 0.3) is 5.56 Å². The summed E-state index contributed by atoms with van der Waals surface area (Å²) in [5.74, 6) is 1.80. The summed E-state index contributed by atoms with van der Waals surface area (Å²) in [4.78, 5) is 22.0. The van der Waals surface area contributed by atoms with Crippen molar-refractivity contribution in [2.24, 2.45) is 5.92 Å². The molecule has 0 radical (unpaired) electrons. The molecule has 0 unspecified atom stereocenters. The number of rotatable bonds is 4. The van der Waals surface area contributed by atoms with Crippen LogP contribution in [0.5, 0.6) is 0 Å². The molecule has 1 N–H and O–H groups in total. The maximum absolute atomic E-state index is 12.0. The van der Waals surface area contributed by atoms with E-state index >= 15 is 0 Å². The number of hydrogen-bond acceptors (Lipinski definition) is 3. The Morgan fingerprint density at radius 2 is 2.05 bits per heavy atom. The van der Waals surface area contributed by atoms with Gasteiger partial charge < -0.3 is 4.98 Å². The van der Waals surface area contributed by atoms with Gasteiger partial charge in [0.1, 0.15) is 5.82 Å². The second-order valence-electron chi connectivity index (χ2n) is 6.24. The Morgan fingerprint density at radius 3 is 2.68 bits per heavy atom. The molecule has 1 aromatic rings. The van der Waals surface area contributed by atoms with Crippen molar-refractivity contribution in [2.75, 3.05) is 13.1 Å². The molecule has 0 aromatic carbocycles. The van der Waals surface area contributed by atoms with Crippen molar-refractivity contribution in [3.63, 3.8) is 0 Å². The zero-order valence-electron chi connectivity index (χ0n) is 12.5. The Morgan fingerprint density at radius 1 is 1.32 bits per heavy atom. The lowest BCUT2D eigenvalue weighted by Crippen LogP contribution is -2.36. The van der Waals surface area contributed by atoms with E-state index in [1.807, 2.05) is 0 Å². The summed E-state index contributed by atoms with van der Waals surface area (Å²) in [5.41, 5.74) is 1.95. The molecule has 0 spiro atoms. The SMILES string of the molecule is CC(C)CCN1CCc2c(nc(C(C)C)[nH]c2=O)C1. The van der Waals surface area contributed by atoms with Gasteiger partial charge in [0.05, 0.1) is 5.69 Å². The van der Waals surface area contributed by atoms with Crippen molar-refractivity contribution in [2.45, 2.75) is 53.0 Å². The van der Waals surface area contributed by atoms with Gasteiger partial charge in [0.2, 0.25) is 0 Å². The fraction of sp³-hybridized carbons (Fsp3) is 0.733. The Labute approximate surface area is 115 Å². The van der Waals surface area contributed by atoms with Crippen LogP contribution in [-0.4, -0.2) is 28.0 Å². The van der Waals surface area contributed by atoms with E-state index in [4.69, 9.17) is 0 Å². The fourth-order valence-electron chi connectivity index (χ4n) is 2.42. The summed E-state index contributed by atoms with van der Waals surface area (Å²) < 4.78 is 0. The van der Waals surface area contributed by atoms with E-state index < -0.39 is 0 Å². The van der Waals surface area contributed by atoms with Gasteiger partial charge in [-0.05, 0) is 25.3 Å². The van der Waals surface area contributed by atoms with Gasteiger partial charge in [0, 0.05) is 24.6 Å². The molecule has 4 nitrogen and oxygen atoms in total. The lowest BCUT2D eigenvalue weighted by molar-refractivity contribution is 0.234. The van der Waals surface area contributed by atoms with E-state index in [1.165, 1.54) is 6.42 Å². The molecule has 0 amide bonds. The van der Waals surface area contributed by atoms with E-state index in [9.17, 15) is 4.79 Å². The molecule has 4 heteroatoms. The summed E-state index contributed by atoms with van der Waals surface area (Å²) >= 11 is 0. The summed E-state index contributed by atoms with van der Waals surface area (Å²) in [6, 6.07) is 0. The smallest absolute Gasteiger partial charge is 0.254 e. The van der Waals surface area contributed by atoms with Crippen LogP contribution in [0.1, 0.15) is 57.1 Å². The van der Waals surface area contributed by atoms with Gasteiger partial charge in [0.15, 0.2) is 0 Å². The van der Waals surface area contributed by atoms with Crippen LogP contribution in [0, 0.1) is 5.92 Å². The predicted octanol–water partition coefficient (Wildman–Crippen LogP) is 2.30. The predicted molar refractivity (Wildman–Crippen MR) is 77.4 cm³/mol.